The smallest absolute Gasteiger partial charge is 0.328 e. The SMILES string of the molecule is CCCC(C(=O)OCC)N1Cc2c(C)cccc2C1=O. The van der Waals surface area contributed by atoms with Crippen LogP contribution in [0.2, 0.25) is 0 Å². The predicted octanol–water partition coefficient (Wildman–Crippen LogP) is 2.68. The summed E-state index contributed by atoms with van der Waals surface area (Å²) in [4.78, 5) is 26.2. The molecule has 2 rings (SSSR count). The van der Waals surface area contributed by atoms with Gasteiger partial charge in [-0.2, -0.15) is 0 Å². The topological polar surface area (TPSA) is 46.6 Å². The van der Waals surface area contributed by atoms with Crippen LogP contribution in [0.1, 0.15) is 48.2 Å². The molecule has 1 heterocycles. The van der Waals surface area contributed by atoms with Crippen LogP contribution < -0.4 is 0 Å². The number of carbonyl (C=O) groups is 2. The third-order valence-electron chi connectivity index (χ3n) is 3.73. The molecule has 0 saturated carbocycles. The van der Waals surface area contributed by atoms with E-state index in [1.54, 1.807) is 11.8 Å². The van der Waals surface area contributed by atoms with Gasteiger partial charge in [0.2, 0.25) is 0 Å². The third-order valence-corrected chi connectivity index (χ3v) is 3.73. The Kier molecular flexibility index (Phi) is 4.42. The fraction of sp³-hybridized carbons (Fsp3) is 0.500. The second kappa shape index (κ2) is 6.07. The maximum Gasteiger partial charge on any atom is 0.328 e. The lowest BCUT2D eigenvalue weighted by atomic mass is 10.1. The highest BCUT2D eigenvalue weighted by molar-refractivity contribution is 6.00. The van der Waals surface area contributed by atoms with Crippen molar-refractivity contribution >= 4 is 11.9 Å². The van der Waals surface area contributed by atoms with E-state index in [-0.39, 0.29) is 11.9 Å². The largest absolute Gasteiger partial charge is 0.464 e. The van der Waals surface area contributed by atoms with Crippen molar-refractivity contribution in [3.63, 3.8) is 0 Å². The van der Waals surface area contributed by atoms with Gasteiger partial charge in [-0.05, 0) is 37.5 Å². The Morgan fingerprint density at radius 3 is 2.75 bits per heavy atom. The van der Waals surface area contributed by atoms with Crippen molar-refractivity contribution in [1.29, 1.82) is 0 Å². The molecular formula is C16H21NO3. The van der Waals surface area contributed by atoms with Crippen LogP contribution in [-0.2, 0) is 16.1 Å². The van der Waals surface area contributed by atoms with Gasteiger partial charge in [-0.1, -0.05) is 25.5 Å². The minimum atomic E-state index is -0.473. The molecule has 1 aromatic rings. The Morgan fingerprint density at radius 1 is 1.40 bits per heavy atom. The number of hydrogen-bond donors (Lipinski definition) is 0. The van der Waals surface area contributed by atoms with Gasteiger partial charge in [0, 0.05) is 12.1 Å². The summed E-state index contributed by atoms with van der Waals surface area (Å²) in [6.45, 7) is 6.63. The van der Waals surface area contributed by atoms with Gasteiger partial charge in [0.05, 0.1) is 6.61 Å². The molecule has 1 unspecified atom stereocenters. The minimum Gasteiger partial charge on any atom is -0.464 e. The number of ether oxygens (including phenoxy) is 1. The van der Waals surface area contributed by atoms with Crippen molar-refractivity contribution in [2.75, 3.05) is 6.61 Å². The first-order valence-electron chi connectivity index (χ1n) is 7.16. The average molecular weight is 275 g/mol. The number of nitrogens with zero attached hydrogens (tertiary/aromatic N) is 1. The predicted molar refractivity (Wildman–Crippen MR) is 76.4 cm³/mol. The Bertz CT molecular complexity index is 524. The highest BCUT2D eigenvalue weighted by Crippen LogP contribution is 2.28. The van der Waals surface area contributed by atoms with Crippen LogP contribution in [0.5, 0.6) is 0 Å². The van der Waals surface area contributed by atoms with Crippen molar-refractivity contribution in [3.8, 4) is 0 Å². The maximum absolute atomic E-state index is 12.5. The highest BCUT2D eigenvalue weighted by atomic mass is 16.5. The number of rotatable bonds is 5. The van der Waals surface area contributed by atoms with Gasteiger partial charge < -0.3 is 9.64 Å². The normalized spacial score (nSPS) is 15.2. The Hall–Kier alpha value is -1.84. The summed E-state index contributed by atoms with van der Waals surface area (Å²) >= 11 is 0. The standard InChI is InChI=1S/C16H21NO3/c1-4-7-14(16(19)20-5-2)17-10-13-11(3)8-6-9-12(13)15(17)18/h6,8-9,14H,4-5,7,10H2,1-3H3. The zero-order valence-electron chi connectivity index (χ0n) is 12.3. The number of fused-ring (bicyclic) bond motifs is 1. The van der Waals surface area contributed by atoms with Gasteiger partial charge in [-0.25, -0.2) is 4.79 Å². The van der Waals surface area contributed by atoms with Crippen LogP contribution in [0.4, 0.5) is 0 Å². The van der Waals surface area contributed by atoms with Gasteiger partial charge in [0.15, 0.2) is 0 Å². The van der Waals surface area contributed by atoms with Crippen molar-refractivity contribution in [2.24, 2.45) is 0 Å². The second-order valence-electron chi connectivity index (χ2n) is 5.09. The molecule has 0 N–H and O–H groups in total. The summed E-state index contributed by atoms with van der Waals surface area (Å²) in [7, 11) is 0. The molecule has 1 aliphatic rings. The maximum atomic E-state index is 12.5. The van der Waals surface area contributed by atoms with Gasteiger partial charge >= 0.3 is 5.97 Å². The molecule has 1 amide bonds. The summed E-state index contributed by atoms with van der Waals surface area (Å²) < 4.78 is 5.11. The van der Waals surface area contributed by atoms with Crippen LogP contribution in [0.25, 0.3) is 0 Å². The molecule has 0 radical (unpaired) electrons. The van der Waals surface area contributed by atoms with Gasteiger partial charge in [0.25, 0.3) is 5.91 Å². The average Bonchev–Trinajstić information content (AvgIpc) is 2.75. The zero-order chi connectivity index (χ0) is 14.7. The van der Waals surface area contributed by atoms with Crippen LogP contribution in [0.3, 0.4) is 0 Å². The van der Waals surface area contributed by atoms with E-state index in [0.717, 1.165) is 23.1 Å². The van der Waals surface area contributed by atoms with Crippen molar-refractivity contribution in [3.05, 3.63) is 34.9 Å². The molecule has 0 saturated heterocycles. The molecular weight excluding hydrogens is 254 g/mol. The van der Waals surface area contributed by atoms with E-state index < -0.39 is 6.04 Å². The zero-order valence-corrected chi connectivity index (χ0v) is 12.3. The van der Waals surface area contributed by atoms with E-state index in [1.165, 1.54) is 0 Å². The molecule has 0 spiro atoms. The molecule has 1 aliphatic heterocycles. The Balaban J connectivity index is 2.27. The summed E-state index contributed by atoms with van der Waals surface area (Å²) in [6, 6.07) is 5.24. The van der Waals surface area contributed by atoms with E-state index in [1.807, 2.05) is 32.0 Å². The number of esters is 1. The molecule has 0 fully saturated rings. The van der Waals surface area contributed by atoms with E-state index in [4.69, 9.17) is 4.74 Å². The minimum absolute atomic E-state index is 0.0600. The lowest BCUT2D eigenvalue weighted by molar-refractivity contribution is -0.149. The number of carbonyl (C=O) groups excluding carboxylic acids is 2. The summed E-state index contributed by atoms with van der Waals surface area (Å²) in [6.07, 6.45) is 1.47. The first-order chi connectivity index (χ1) is 9.60. The molecule has 4 heteroatoms. The first-order valence-corrected chi connectivity index (χ1v) is 7.16. The van der Waals surface area contributed by atoms with Crippen LogP contribution in [0, 0.1) is 6.92 Å². The van der Waals surface area contributed by atoms with E-state index in [9.17, 15) is 9.59 Å². The number of amides is 1. The second-order valence-corrected chi connectivity index (χ2v) is 5.09. The molecule has 0 aromatic heterocycles. The molecule has 1 atom stereocenters. The Labute approximate surface area is 119 Å². The highest BCUT2D eigenvalue weighted by Gasteiger charge is 2.37. The molecule has 4 nitrogen and oxygen atoms in total. The lowest BCUT2D eigenvalue weighted by Crippen LogP contribution is -2.42. The van der Waals surface area contributed by atoms with E-state index >= 15 is 0 Å². The lowest BCUT2D eigenvalue weighted by Gasteiger charge is -2.25. The van der Waals surface area contributed by atoms with E-state index in [0.29, 0.717) is 19.6 Å². The molecule has 1 aromatic carbocycles. The number of hydrogen-bond acceptors (Lipinski definition) is 3. The van der Waals surface area contributed by atoms with Gasteiger partial charge in [-0.3, -0.25) is 4.79 Å². The summed E-state index contributed by atoms with van der Waals surface area (Å²) in [5, 5.41) is 0. The van der Waals surface area contributed by atoms with Crippen molar-refractivity contribution < 1.29 is 14.3 Å². The van der Waals surface area contributed by atoms with Crippen LogP contribution in [0.15, 0.2) is 18.2 Å². The third kappa shape index (κ3) is 2.55. The van der Waals surface area contributed by atoms with Gasteiger partial charge in [-0.15, -0.1) is 0 Å². The van der Waals surface area contributed by atoms with Crippen LogP contribution >= 0.6 is 0 Å². The molecule has 0 aliphatic carbocycles. The molecule has 108 valence electrons. The first kappa shape index (κ1) is 14.6. The quantitative estimate of drug-likeness (QED) is 0.776. The Morgan fingerprint density at radius 2 is 2.15 bits per heavy atom. The van der Waals surface area contributed by atoms with Gasteiger partial charge in [0.1, 0.15) is 6.04 Å². The number of benzene rings is 1. The van der Waals surface area contributed by atoms with Crippen molar-refractivity contribution in [1.82, 2.24) is 4.90 Å². The fourth-order valence-electron chi connectivity index (χ4n) is 2.67. The van der Waals surface area contributed by atoms with Crippen molar-refractivity contribution in [2.45, 2.75) is 46.2 Å². The van der Waals surface area contributed by atoms with E-state index in [2.05, 4.69) is 0 Å². The summed E-state index contributed by atoms with van der Waals surface area (Å²) in [5.41, 5.74) is 2.84. The molecule has 0 bridgehead atoms. The summed E-state index contributed by atoms with van der Waals surface area (Å²) in [5.74, 6) is -0.358. The number of aryl methyl sites for hydroxylation is 1. The molecule has 20 heavy (non-hydrogen) atoms. The monoisotopic (exact) mass is 275 g/mol. The fourth-order valence-corrected chi connectivity index (χ4v) is 2.67. The van der Waals surface area contributed by atoms with Crippen LogP contribution in [-0.4, -0.2) is 29.4 Å².